The maximum absolute atomic E-state index is 6.08. The van der Waals surface area contributed by atoms with Gasteiger partial charge in [0, 0.05) is 0 Å². The lowest BCUT2D eigenvalue weighted by atomic mass is 9.99. The molecule has 0 saturated heterocycles. The fraction of sp³-hybridized carbons (Fsp3) is 0.294. The number of hydrogen-bond acceptors (Lipinski definition) is 3. The Morgan fingerprint density at radius 2 is 1.45 bits per heavy atom. The number of aryl methyl sites for hydroxylation is 1. The van der Waals surface area contributed by atoms with Crippen molar-refractivity contribution in [2.45, 2.75) is 25.0 Å². The van der Waals surface area contributed by atoms with E-state index in [2.05, 4.69) is 12.1 Å². The molecule has 3 heteroatoms. The first-order chi connectivity index (χ1) is 9.90. The summed E-state index contributed by atoms with van der Waals surface area (Å²) in [6.45, 7) is 0.545. The van der Waals surface area contributed by atoms with Gasteiger partial charge in [-0.1, -0.05) is 30.3 Å². The molecule has 102 valence electrons. The molecule has 0 N–H and O–H groups in total. The van der Waals surface area contributed by atoms with Crippen molar-refractivity contribution in [3.63, 3.8) is 0 Å². The molecular formula is C17H16O3. The van der Waals surface area contributed by atoms with Crippen molar-refractivity contribution >= 4 is 0 Å². The van der Waals surface area contributed by atoms with Crippen molar-refractivity contribution in [2.24, 2.45) is 0 Å². The van der Waals surface area contributed by atoms with Gasteiger partial charge >= 0.3 is 0 Å². The van der Waals surface area contributed by atoms with Gasteiger partial charge in [-0.05, 0) is 36.6 Å². The maximum atomic E-state index is 6.08. The Morgan fingerprint density at radius 3 is 2.35 bits per heavy atom. The molecule has 0 bridgehead atoms. The molecule has 2 heterocycles. The molecule has 2 atom stereocenters. The van der Waals surface area contributed by atoms with Crippen molar-refractivity contribution in [1.82, 2.24) is 0 Å². The molecule has 0 aliphatic carbocycles. The molecule has 0 amide bonds. The molecule has 3 nitrogen and oxygen atoms in total. The zero-order valence-electron chi connectivity index (χ0n) is 11.1. The van der Waals surface area contributed by atoms with E-state index >= 15 is 0 Å². The molecule has 0 saturated carbocycles. The molecule has 2 aliphatic heterocycles. The second-order valence-electron chi connectivity index (χ2n) is 5.22. The van der Waals surface area contributed by atoms with Crippen LogP contribution >= 0.6 is 0 Å². The number of rotatable bonds is 1. The summed E-state index contributed by atoms with van der Waals surface area (Å²) in [5.74, 6) is 2.61. The lowest BCUT2D eigenvalue weighted by Gasteiger charge is -2.35. The molecule has 2 aliphatic rings. The van der Waals surface area contributed by atoms with Crippen LogP contribution in [-0.4, -0.2) is 18.8 Å². The van der Waals surface area contributed by atoms with Crippen LogP contribution in [0.2, 0.25) is 0 Å². The predicted molar refractivity (Wildman–Crippen MR) is 75.5 cm³/mol. The SMILES string of the molecule is c1ccc2c(c1)CCC(C1COc3ccccc3O1)O2. The van der Waals surface area contributed by atoms with E-state index in [9.17, 15) is 0 Å². The van der Waals surface area contributed by atoms with Crippen LogP contribution < -0.4 is 14.2 Å². The smallest absolute Gasteiger partial charge is 0.169 e. The Kier molecular flexibility index (Phi) is 2.76. The second-order valence-corrected chi connectivity index (χ2v) is 5.22. The summed E-state index contributed by atoms with van der Waals surface area (Å²) < 4.78 is 17.9. The Labute approximate surface area is 118 Å². The van der Waals surface area contributed by atoms with Gasteiger partial charge in [0.25, 0.3) is 0 Å². The van der Waals surface area contributed by atoms with Gasteiger partial charge in [0.15, 0.2) is 17.6 Å². The Bertz CT molecular complexity index is 568. The average Bonchev–Trinajstić information content (AvgIpc) is 2.54. The molecule has 0 fully saturated rings. The van der Waals surface area contributed by atoms with Gasteiger partial charge in [0.05, 0.1) is 0 Å². The third kappa shape index (κ3) is 1.99. The van der Waals surface area contributed by atoms with Crippen molar-refractivity contribution < 1.29 is 14.2 Å². The molecule has 2 aromatic carbocycles. The van der Waals surface area contributed by atoms with Crippen LogP contribution in [-0.2, 0) is 6.42 Å². The second kappa shape index (κ2) is 4.75. The number of ether oxygens (including phenoxy) is 3. The van der Waals surface area contributed by atoms with Crippen LogP contribution in [0.5, 0.6) is 17.2 Å². The van der Waals surface area contributed by atoms with Crippen molar-refractivity contribution in [3.05, 3.63) is 54.1 Å². The minimum absolute atomic E-state index is 0.0433. The molecular weight excluding hydrogens is 252 g/mol. The Hall–Kier alpha value is -2.16. The first kappa shape index (κ1) is 11.6. The monoisotopic (exact) mass is 268 g/mol. The highest BCUT2D eigenvalue weighted by Crippen LogP contribution is 2.35. The maximum Gasteiger partial charge on any atom is 0.169 e. The van der Waals surface area contributed by atoms with Gasteiger partial charge < -0.3 is 14.2 Å². The van der Waals surface area contributed by atoms with Crippen LogP contribution in [0, 0.1) is 0 Å². The van der Waals surface area contributed by atoms with Crippen molar-refractivity contribution in [2.75, 3.05) is 6.61 Å². The standard InChI is InChI=1S/C17H16O3/c1-2-6-13-12(5-1)9-10-16(19-13)17-11-18-14-7-3-4-8-15(14)20-17/h1-8,16-17H,9-11H2. The molecule has 2 aromatic rings. The zero-order valence-corrected chi connectivity index (χ0v) is 11.1. The topological polar surface area (TPSA) is 27.7 Å². The number of benzene rings is 2. The van der Waals surface area contributed by atoms with E-state index < -0.39 is 0 Å². The third-order valence-electron chi connectivity index (χ3n) is 3.89. The van der Waals surface area contributed by atoms with Gasteiger partial charge in [0.2, 0.25) is 0 Å². The normalized spacial score (nSPS) is 23.6. The quantitative estimate of drug-likeness (QED) is 0.794. The summed E-state index contributed by atoms with van der Waals surface area (Å²) >= 11 is 0. The fourth-order valence-corrected chi connectivity index (χ4v) is 2.83. The van der Waals surface area contributed by atoms with Crippen LogP contribution in [0.25, 0.3) is 0 Å². The third-order valence-corrected chi connectivity index (χ3v) is 3.89. The lowest BCUT2D eigenvalue weighted by molar-refractivity contribution is -0.00598. The zero-order chi connectivity index (χ0) is 13.4. The summed E-state index contributed by atoms with van der Waals surface area (Å²) in [6, 6.07) is 16.0. The summed E-state index contributed by atoms with van der Waals surface area (Å²) in [6.07, 6.45) is 2.01. The first-order valence-electron chi connectivity index (χ1n) is 7.03. The number of para-hydroxylation sites is 3. The predicted octanol–water partition coefficient (Wildman–Crippen LogP) is 3.22. The first-order valence-corrected chi connectivity index (χ1v) is 7.03. The molecule has 20 heavy (non-hydrogen) atoms. The minimum Gasteiger partial charge on any atom is -0.486 e. The highest BCUT2D eigenvalue weighted by atomic mass is 16.6. The van der Waals surface area contributed by atoms with E-state index in [1.54, 1.807) is 0 Å². The van der Waals surface area contributed by atoms with Crippen LogP contribution in [0.4, 0.5) is 0 Å². The highest BCUT2D eigenvalue weighted by molar-refractivity contribution is 5.41. The number of fused-ring (bicyclic) bond motifs is 2. The largest absolute Gasteiger partial charge is 0.486 e. The van der Waals surface area contributed by atoms with E-state index in [-0.39, 0.29) is 12.2 Å². The Morgan fingerprint density at radius 1 is 0.750 bits per heavy atom. The summed E-state index contributed by atoms with van der Waals surface area (Å²) in [7, 11) is 0. The van der Waals surface area contributed by atoms with Gasteiger partial charge in [-0.15, -0.1) is 0 Å². The summed E-state index contributed by atoms with van der Waals surface area (Å²) in [5.41, 5.74) is 1.28. The average molecular weight is 268 g/mol. The molecule has 0 spiro atoms. The summed E-state index contributed by atoms with van der Waals surface area (Å²) in [4.78, 5) is 0. The van der Waals surface area contributed by atoms with Crippen LogP contribution in [0.1, 0.15) is 12.0 Å². The van der Waals surface area contributed by atoms with Crippen LogP contribution in [0.15, 0.2) is 48.5 Å². The molecule has 0 aromatic heterocycles. The lowest BCUT2D eigenvalue weighted by Crippen LogP contribution is -2.44. The summed E-state index contributed by atoms with van der Waals surface area (Å²) in [5, 5.41) is 0. The van der Waals surface area contributed by atoms with Gasteiger partial charge in [-0.25, -0.2) is 0 Å². The minimum atomic E-state index is -0.0433. The molecule has 4 rings (SSSR count). The Balaban J connectivity index is 1.53. The van der Waals surface area contributed by atoms with Gasteiger partial charge in [0.1, 0.15) is 18.5 Å². The van der Waals surface area contributed by atoms with E-state index in [1.807, 2.05) is 36.4 Å². The fourth-order valence-electron chi connectivity index (χ4n) is 2.83. The molecule has 0 radical (unpaired) electrons. The molecule has 2 unspecified atom stereocenters. The number of hydrogen-bond donors (Lipinski definition) is 0. The van der Waals surface area contributed by atoms with E-state index in [0.717, 1.165) is 30.1 Å². The van der Waals surface area contributed by atoms with Gasteiger partial charge in [-0.3, -0.25) is 0 Å². The van der Waals surface area contributed by atoms with E-state index in [0.29, 0.717) is 6.61 Å². The highest BCUT2D eigenvalue weighted by Gasteiger charge is 2.32. The van der Waals surface area contributed by atoms with E-state index in [1.165, 1.54) is 5.56 Å². The van der Waals surface area contributed by atoms with Crippen molar-refractivity contribution in [1.29, 1.82) is 0 Å². The van der Waals surface area contributed by atoms with Crippen molar-refractivity contribution in [3.8, 4) is 17.2 Å². The van der Waals surface area contributed by atoms with E-state index in [4.69, 9.17) is 14.2 Å². The van der Waals surface area contributed by atoms with Crippen LogP contribution in [0.3, 0.4) is 0 Å². The van der Waals surface area contributed by atoms with Gasteiger partial charge in [-0.2, -0.15) is 0 Å².